The zero-order valence-electron chi connectivity index (χ0n) is 16.1. The van der Waals surface area contributed by atoms with Crippen molar-refractivity contribution in [3.63, 3.8) is 0 Å². The fourth-order valence-electron chi connectivity index (χ4n) is 3.44. The second-order valence-corrected chi connectivity index (χ2v) is 7.58. The summed E-state index contributed by atoms with van der Waals surface area (Å²) in [5.41, 5.74) is 2.67. The van der Waals surface area contributed by atoms with E-state index in [0.29, 0.717) is 5.69 Å². The monoisotopic (exact) mass is 429 g/mol. The fourth-order valence-corrected chi connectivity index (χ4v) is 3.61. The summed E-state index contributed by atoms with van der Waals surface area (Å²) in [6, 6.07) is 7.12. The highest BCUT2D eigenvalue weighted by Crippen LogP contribution is 2.33. The molecule has 30 heavy (non-hydrogen) atoms. The molecule has 8 nitrogen and oxygen atoms in total. The minimum absolute atomic E-state index is 0.140. The molecule has 10 heteroatoms. The lowest BCUT2D eigenvalue weighted by atomic mass is 10.1. The highest BCUT2D eigenvalue weighted by atomic mass is 35.5. The van der Waals surface area contributed by atoms with Crippen molar-refractivity contribution in [2.45, 2.75) is 25.9 Å². The molecule has 0 unspecified atom stereocenters. The third kappa shape index (κ3) is 3.41. The summed E-state index contributed by atoms with van der Waals surface area (Å²) >= 11 is 5.78. The third-order valence-electron chi connectivity index (χ3n) is 4.99. The number of amides is 3. The molecule has 1 saturated heterocycles. The Morgan fingerprint density at radius 2 is 1.93 bits per heavy atom. The number of imide groups is 1. The van der Waals surface area contributed by atoms with Gasteiger partial charge in [0.15, 0.2) is 12.1 Å². The van der Waals surface area contributed by atoms with Crippen LogP contribution in [0, 0.1) is 19.7 Å². The predicted molar refractivity (Wildman–Crippen MR) is 108 cm³/mol. The summed E-state index contributed by atoms with van der Waals surface area (Å²) in [4.78, 5) is 39.0. The van der Waals surface area contributed by atoms with Gasteiger partial charge in [0.25, 0.3) is 11.8 Å². The fraction of sp³-hybridized carbons (Fsp3) is 0.250. The van der Waals surface area contributed by atoms with E-state index in [-0.39, 0.29) is 17.3 Å². The number of rotatable bonds is 4. The Balaban J connectivity index is 1.51. The average molecular weight is 430 g/mol. The van der Waals surface area contributed by atoms with Gasteiger partial charge in [-0.05, 0) is 49.2 Å². The summed E-state index contributed by atoms with van der Waals surface area (Å²) in [6.45, 7) is 3.52. The number of nitrogens with zero attached hydrogens (tertiary/aromatic N) is 4. The number of carbonyl (C=O) groups is 3. The number of fused-ring (bicyclic) bond motifs is 1. The van der Waals surface area contributed by atoms with Crippen LogP contribution < -0.4 is 10.2 Å². The molecule has 154 valence electrons. The number of nitrogens with one attached hydrogen (secondary N) is 1. The van der Waals surface area contributed by atoms with Gasteiger partial charge in [0.05, 0.1) is 10.7 Å². The number of hydrogen-bond acceptors (Lipinski definition) is 6. The van der Waals surface area contributed by atoms with E-state index in [9.17, 15) is 18.8 Å². The maximum Gasteiger partial charge on any atom is 0.263 e. The van der Waals surface area contributed by atoms with Gasteiger partial charge in [-0.1, -0.05) is 29.0 Å². The van der Waals surface area contributed by atoms with Crippen molar-refractivity contribution in [3.05, 3.63) is 58.4 Å². The zero-order valence-corrected chi connectivity index (χ0v) is 16.9. The Kier molecular flexibility index (Phi) is 4.98. The minimum atomic E-state index is -1.06. The van der Waals surface area contributed by atoms with Gasteiger partial charge >= 0.3 is 0 Å². The van der Waals surface area contributed by atoms with Crippen LogP contribution in [0.2, 0.25) is 5.02 Å². The van der Waals surface area contributed by atoms with Crippen molar-refractivity contribution in [1.82, 2.24) is 5.01 Å². The van der Waals surface area contributed by atoms with Crippen molar-refractivity contribution >= 4 is 40.7 Å². The second-order valence-electron chi connectivity index (χ2n) is 7.17. The smallest absolute Gasteiger partial charge is 0.263 e. The molecule has 2 aliphatic rings. The maximum atomic E-state index is 13.4. The molecule has 4 rings (SSSR count). The minimum Gasteiger partial charge on any atom is -0.324 e. The molecule has 2 aromatic rings. The van der Waals surface area contributed by atoms with Crippen LogP contribution in [0.1, 0.15) is 11.1 Å². The van der Waals surface area contributed by atoms with Crippen LogP contribution in [-0.4, -0.2) is 41.4 Å². The van der Waals surface area contributed by atoms with Crippen LogP contribution in [-0.2, 0) is 14.4 Å². The standard InChI is InChI=1S/C20H17ClFN5O3/c1-10-3-4-11(2)15(7-10)23-16(28)9-26-18-17(24-25-26)19(29)27(20(18)30)12-5-6-14(22)13(21)8-12/h3-8,17-18H,9H2,1-2H3,(H,23,28)/t17-,18-/m1/s1. The Bertz CT molecular complexity index is 1110. The number of aryl methyl sites for hydroxylation is 2. The largest absolute Gasteiger partial charge is 0.324 e. The van der Waals surface area contributed by atoms with Gasteiger partial charge in [-0.15, -0.1) is 0 Å². The molecule has 2 aromatic carbocycles. The highest BCUT2D eigenvalue weighted by Gasteiger charge is 2.55. The van der Waals surface area contributed by atoms with Crippen LogP contribution in [0.5, 0.6) is 0 Å². The van der Waals surface area contributed by atoms with Crippen molar-refractivity contribution in [1.29, 1.82) is 0 Å². The van der Waals surface area contributed by atoms with E-state index in [1.807, 2.05) is 32.0 Å². The molecule has 0 aliphatic carbocycles. The first-order chi connectivity index (χ1) is 14.3. The van der Waals surface area contributed by atoms with Crippen LogP contribution in [0.3, 0.4) is 0 Å². The highest BCUT2D eigenvalue weighted by molar-refractivity contribution is 6.32. The van der Waals surface area contributed by atoms with Crippen molar-refractivity contribution in [2.24, 2.45) is 10.3 Å². The molecule has 0 aromatic heterocycles. The lowest BCUT2D eigenvalue weighted by Gasteiger charge is -2.20. The summed E-state index contributed by atoms with van der Waals surface area (Å²) in [6.07, 6.45) is 0. The molecule has 1 N–H and O–H groups in total. The molecule has 3 amide bonds. The molecular weight excluding hydrogens is 413 g/mol. The molecular formula is C20H17ClFN5O3. The lowest BCUT2D eigenvalue weighted by Crippen LogP contribution is -2.43. The molecule has 0 spiro atoms. The molecule has 0 radical (unpaired) electrons. The Morgan fingerprint density at radius 3 is 2.67 bits per heavy atom. The van der Waals surface area contributed by atoms with Gasteiger partial charge in [-0.25, -0.2) is 9.29 Å². The van der Waals surface area contributed by atoms with Crippen molar-refractivity contribution < 1.29 is 18.8 Å². The van der Waals surface area contributed by atoms with E-state index in [1.54, 1.807) is 0 Å². The Morgan fingerprint density at radius 1 is 1.17 bits per heavy atom. The first-order valence-electron chi connectivity index (χ1n) is 9.13. The molecule has 0 saturated carbocycles. The average Bonchev–Trinajstić information content (AvgIpc) is 3.21. The van der Waals surface area contributed by atoms with E-state index in [1.165, 1.54) is 17.1 Å². The number of benzene rings is 2. The Labute approximate surface area is 176 Å². The zero-order chi connectivity index (χ0) is 21.6. The number of carbonyl (C=O) groups excluding carboxylic acids is 3. The SMILES string of the molecule is Cc1ccc(C)c(NC(=O)CN2N=N[C@H]3C(=O)N(c4ccc(F)c(Cl)c4)C(=O)[C@@H]32)c1. The normalized spacial score (nSPS) is 20.1. The van der Waals surface area contributed by atoms with E-state index in [2.05, 4.69) is 15.7 Å². The topological polar surface area (TPSA) is 94.4 Å². The van der Waals surface area contributed by atoms with E-state index < -0.39 is 35.6 Å². The van der Waals surface area contributed by atoms with Crippen LogP contribution in [0.25, 0.3) is 0 Å². The lowest BCUT2D eigenvalue weighted by molar-refractivity contribution is -0.123. The maximum absolute atomic E-state index is 13.4. The van der Waals surface area contributed by atoms with Gasteiger partial charge in [0, 0.05) is 5.69 Å². The summed E-state index contributed by atoms with van der Waals surface area (Å²) < 4.78 is 13.4. The van der Waals surface area contributed by atoms with Gasteiger partial charge in [0.1, 0.15) is 12.4 Å². The van der Waals surface area contributed by atoms with Gasteiger partial charge in [-0.2, -0.15) is 5.11 Å². The predicted octanol–water partition coefficient (Wildman–Crippen LogP) is 3.03. The van der Waals surface area contributed by atoms with E-state index in [0.717, 1.165) is 22.1 Å². The Hall–Kier alpha value is -3.33. The molecule has 2 atom stereocenters. The van der Waals surface area contributed by atoms with Crippen LogP contribution in [0.15, 0.2) is 46.7 Å². The third-order valence-corrected chi connectivity index (χ3v) is 5.28. The summed E-state index contributed by atoms with van der Waals surface area (Å²) in [5.74, 6) is -2.26. The van der Waals surface area contributed by atoms with Crippen LogP contribution in [0.4, 0.5) is 15.8 Å². The van der Waals surface area contributed by atoms with Gasteiger partial charge in [-0.3, -0.25) is 19.4 Å². The van der Waals surface area contributed by atoms with Crippen LogP contribution >= 0.6 is 11.6 Å². The first kappa shape index (κ1) is 20.0. The van der Waals surface area contributed by atoms with Gasteiger partial charge < -0.3 is 5.32 Å². The molecule has 0 bridgehead atoms. The molecule has 2 heterocycles. The van der Waals surface area contributed by atoms with E-state index in [4.69, 9.17) is 11.6 Å². The molecule has 2 aliphatic heterocycles. The van der Waals surface area contributed by atoms with E-state index >= 15 is 0 Å². The first-order valence-corrected chi connectivity index (χ1v) is 9.51. The quantitative estimate of drug-likeness (QED) is 0.756. The molecule has 1 fully saturated rings. The van der Waals surface area contributed by atoms with Crippen molar-refractivity contribution in [2.75, 3.05) is 16.8 Å². The second kappa shape index (κ2) is 7.49. The summed E-state index contributed by atoms with van der Waals surface area (Å²) in [5, 5.41) is 11.5. The van der Waals surface area contributed by atoms with Crippen molar-refractivity contribution in [3.8, 4) is 0 Å². The number of hydrogen-bond donors (Lipinski definition) is 1. The van der Waals surface area contributed by atoms with Gasteiger partial charge in [0.2, 0.25) is 5.91 Å². The summed E-state index contributed by atoms with van der Waals surface area (Å²) in [7, 11) is 0. The number of halogens is 2. The number of anilines is 2.